The highest BCUT2D eigenvalue weighted by Crippen LogP contribution is 2.42. The van der Waals surface area contributed by atoms with Crippen molar-refractivity contribution >= 4 is 11.8 Å². The summed E-state index contributed by atoms with van der Waals surface area (Å²) in [5, 5.41) is 0. The maximum atomic E-state index is 6.40. The van der Waals surface area contributed by atoms with Crippen molar-refractivity contribution in [3.63, 3.8) is 0 Å². The molecule has 0 bridgehead atoms. The molecule has 2 unspecified atom stereocenters. The van der Waals surface area contributed by atoms with Crippen LogP contribution in [0.15, 0.2) is 6.07 Å². The fourth-order valence-electron chi connectivity index (χ4n) is 3.54. The topological polar surface area (TPSA) is 30.9 Å². The number of aromatic nitrogens is 1. The maximum absolute atomic E-state index is 6.40. The first-order valence-corrected chi connectivity index (χ1v) is 8.74. The van der Waals surface area contributed by atoms with Gasteiger partial charge in [0.2, 0.25) is 0 Å². The van der Waals surface area contributed by atoms with Crippen molar-refractivity contribution in [2.24, 2.45) is 11.1 Å². The summed E-state index contributed by atoms with van der Waals surface area (Å²) in [5.41, 5.74) is 11.0. The van der Waals surface area contributed by atoms with E-state index in [9.17, 15) is 0 Å². The predicted octanol–water partition coefficient (Wildman–Crippen LogP) is 4.08. The molecule has 0 saturated carbocycles. The van der Waals surface area contributed by atoms with E-state index in [1.807, 2.05) is 11.8 Å². The summed E-state index contributed by atoms with van der Waals surface area (Å²) in [5.74, 6) is 1.19. The minimum Gasteiger partial charge on any atom is -0.345 e. The van der Waals surface area contributed by atoms with Gasteiger partial charge in [0, 0.05) is 29.2 Å². The molecule has 0 radical (unpaired) electrons. The molecule has 1 heterocycles. The summed E-state index contributed by atoms with van der Waals surface area (Å²) in [6.07, 6.45) is 5.65. The second-order valence-corrected chi connectivity index (χ2v) is 7.64. The molecule has 0 amide bonds. The van der Waals surface area contributed by atoms with E-state index in [0.717, 1.165) is 12.8 Å². The van der Waals surface area contributed by atoms with Gasteiger partial charge >= 0.3 is 0 Å². The van der Waals surface area contributed by atoms with Gasteiger partial charge in [-0.05, 0) is 49.5 Å². The molecular formula is C16H28N2S. The van der Waals surface area contributed by atoms with E-state index in [2.05, 4.69) is 44.6 Å². The van der Waals surface area contributed by atoms with Crippen molar-refractivity contribution in [1.82, 2.24) is 4.57 Å². The monoisotopic (exact) mass is 280 g/mol. The summed E-state index contributed by atoms with van der Waals surface area (Å²) >= 11 is 1.94. The standard InChI is InChI=1S/C16H28N2S/c1-6-12(10-19-5)18-11(2)7-13-14(17)8-16(3,4)9-15(13)18/h7,12,14H,6,8-10,17H2,1-5H3. The molecule has 0 spiro atoms. The molecule has 0 fully saturated rings. The van der Waals surface area contributed by atoms with Gasteiger partial charge in [-0.3, -0.25) is 0 Å². The van der Waals surface area contributed by atoms with Gasteiger partial charge in [-0.2, -0.15) is 11.8 Å². The summed E-state index contributed by atoms with van der Waals surface area (Å²) in [6.45, 7) is 9.22. The third-order valence-electron chi connectivity index (χ3n) is 4.38. The number of hydrogen-bond acceptors (Lipinski definition) is 2. The Morgan fingerprint density at radius 3 is 2.79 bits per heavy atom. The van der Waals surface area contributed by atoms with E-state index >= 15 is 0 Å². The van der Waals surface area contributed by atoms with Crippen LogP contribution in [0.25, 0.3) is 0 Å². The molecule has 2 nitrogen and oxygen atoms in total. The summed E-state index contributed by atoms with van der Waals surface area (Å²) < 4.78 is 2.58. The molecule has 0 aliphatic heterocycles. The molecule has 1 aliphatic rings. The number of aryl methyl sites for hydroxylation is 1. The van der Waals surface area contributed by atoms with Crippen molar-refractivity contribution in [2.45, 2.75) is 59.0 Å². The Hall–Kier alpha value is -0.410. The highest BCUT2D eigenvalue weighted by Gasteiger charge is 2.34. The Kier molecular flexibility index (Phi) is 4.36. The van der Waals surface area contributed by atoms with Crippen LogP contribution in [0.4, 0.5) is 0 Å². The molecule has 19 heavy (non-hydrogen) atoms. The minimum atomic E-state index is 0.213. The average Bonchev–Trinajstić information content (AvgIpc) is 2.62. The van der Waals surface area contributed by atoms with Gasteiger partial charge in [0.15, 0.2) is 0 Å². The Balaban J connectivity index is 2.46. The molecule has 1 aliphatic carbocycles. The predicted molar refractivity (Wildman–Crippen MR) is 85.9 cm³/mol. The summed E-state index contributed by atoms with van der Waals surface area (Å²) in [7, 11) is 0. The number of hydrogen-bond donors (Lipinski definition) is 1. The Morgan fingerprint density at radius 1 is 1.53 bits per heavy atom. The first-order chi connectivity index (χ1) is 8.89. The molecule has 0 saturated heterocycles. The minimum absolute atomic E-state index is 0.213. The van der Waals surface area contributed by atoms with Crippen LogP contribution in [0.3, 0.4) is 0 Å². The molecule has 2 atom stereocenters. The molecule has 108 valence electrons. The van der Waals surface area contributed by atoms with E-state index in [1.165, 1.54) is 29.1 Å². The molecule has 2 N–H and O–H groups in total. The molecule has 3 heteroatoms. The maximum Gasteiger partial charge on any atom is 0.0423 e. The zero-order valence-corrected chi connectivity index (χ0v) is 13.8. The lowest BCUT2D eigenvalue weighted by Gasteiger charge is -2.35. The van der Waals surface area contributed by atoms with Gasteiger partial charge in [0.25, 0.3) is 0 Å². The molecule has 0 aromatic carbocycles. The van der Waals surface area contributed by atoms with Crippen LogP contribution in [0.1, 0.15) is 62.6 Å². The molecular weight excluding hydrogens is 252 g/mol. The van der Waals surface area contributed by atoms with Crippen LogP contribution in [-0.2, 0) is 6.42 Å². The van der Waals surface area contributed by atoms with Crippen LogP contribution in [0.5, 0.6) is 0 Å². The highest BCUT2D eigenvalue weighted by atomic mass is 32.2. The van der Waals surface area contributed by atoms with E-state index in [-0.39, 0.29) is 6.04 Å². The SMILES string of the molecule is CCC(CSC)n1c(C)cc2c1CC(C)(C)CC2N. The van der Waals surface area contributed by atoms with Gasteiger partial charge in [-0.1, -0.05) is 20.8 Å². The average molecular weight is 280 g/mol. The van der Waals surface area contributed by atoms with Gasteiger partial charge < -0.3 is 10.3 Å². The normalized spacial score (nSPS) is 23.2. The smallest absolute Gasteiger partial charge is 0.0423 e. The van der Waals surface area contributed by atoms with E-state index in [1.54, 1.807) is 0 Å². The van der Waals surface area contributed by atoms with Gasteiger partial charge in [0.05, 0.1) is 0 Å². The van der Waals surface area contributed by atoms with Crippen LogP contribution < -0.4 is 5.73 Å². The first kappa shape index (κ1) is 15.0. The van der Waals surface area contributed by atoms with Crippen LogP contribution in [0, 0.1) is 12.3 Å². The lowest BCUT2D eigenvalue weighted by atomic mass is 9.74. The summed E-state index contributed by atoms with van der Waals surface area (Å²) in [6, 6.07) is 3.16. The lowest BCUT2D eigenvalue weighted by molar-refractivity contribution is 0.272. The van der Waals surface area contributed by atoms with Crippen molar-refractivity contribution < 1.29 is 0 Å². The van der Waals surface area contributed by atoms with E-state index in [0.29, 0.717) is 11.5 Å². The van der Waals surface area contributed by atoms with Gasteiger partial charge in [-0.15, -0.1) is 0 Å². The summed E-state index contributed by atoms with van der Waals surface area (Å²) in [4.78, 5) is 0. The number of nitrogens with two attached hydrogens (primary N) is 1. The van der Waals surface area contributed by atoms with Crippen LogP contribution in [0.2, 0.25) is 0 Å². The second-order valence-electron chi connectivity index (χ2n) is 6.73. The first-order valence-electron chi connectivity index (χ1n) is 7.34. The Bertz CT molecular complexity index is 448. The van der Waals surface area contributed by atoms with Crippen LogP contribution in [-0.4, -0.2) is 16.6 Å². The van der Waals surface area contributed by atoms with Crippen molar-refractivity contribution in [3.05, 3.63) is 23.0 Å². The van der Waals surface area contributed by atoms with Crippen molar-refractivity contribution in [3.8, 4) is 0 Å². The van der Waals surface area contributed by atoms with Gasteiger partial charge in [-0.25, -0.2) is 0 Å². The molecule has 1 aromatic heterocycles. The largest absolute Gasteiger partial charge is 0.345 e. The number of rotatable bonds is 4. The zero-order valence-electron chi connectivity index (χ0n) is 13.0. The van der Waals surface area contributed by atoms with Crippen LogP contribution >= 0.6 is 11.8 Å². The van der Waals surface area contributed by atoms with Crippen molar-refractivity contribution in [2.75, 3.05) is 12.0 Å². The molecule has 1 aromatic rings. The zero-order chi connectivity index (χ0) is 14.2. The fourth-order valence-corrected chi connectivity index (χ4v) is 4.31. The Morgan fingerprint density at radius 2 is 2.21 bits per heavy atom. The number of fused-ring (bicyclic) bond motifs is 1. The third kappa shape index (κ3) is 2.87. The molecule has 2 rings (SSSR count). The van der Waals surface area contributed by atoms with E-state index in [4.69, 9.17) is 5.73 Å². The lowest BCUT2D eigenvalue weighted by Crippen LogP contribution is -2.31. The fraction of sp³-hybridized carbons (Fsp3) is 0.750. The van der Waals surface area contributed by atoms with E-state index < -0.39 is 0 Å². The quantitative estimate of drug-likeness (QED) is 0.901. The van der Waals surface area contributed by atoms with Gasteiger partial charge in [0.1, 0.15) is 0 Å². The number of nitrogens with zero attached hydrogens (tertiary/aromatic N) is 1. The van der Waals surface area contributed by atoms with Crippen molar-refractivity contribution in [1.29, 1.82) is 0 Å². The number of thioether (sulfide) groups is 1. The third-order valence-corrected chi connectivity index (χ3v) is 5.10. The highest BCUT2D eigenvalue weighted by molar-refractivity contribution is 7.98. The Labute approximate surface area is 122 Å². The second kappa shape index (κ2) is 5.53.